The molecule has 5 heteroatoms. The molecule has 1 aromatic carbocycles. The molecule has 106 valence electrons. The number of H-pyrrole nitrogens is 1. The van der Waals surface area contributed by atoms with Gasteiger partial charge in [-0.05, 0) is 36.4 Å². The van der Waals surface area contributed by atoms with Gasteiger partial charge in [0.15, 0.2) is 0 Å². The molecule has 20 heavy (non-hydrogen) atoms. The second kappa shape index (κ2) is 5.20. The zero-order valence-electron chi connectivity index (χ0n) is 11.3. The monoisotopic (exact) mass is 292 g/mol. The van der Waals surface area contributed by atoms with Crippen LogP contribution in [0.1, 0.15) is 17.7 Å². The molecule has 1 fully saturated rings. The third kappa shape index (κ3) is 2.46. The summed E-state index contributed by atoms with van der Waals surface area (Å²) in [4.78, 5) is 17.1. The molecule has 2 aromatic rings. The Balaban J connectivity index is 2.07. The average Bonchev–Trinajstić information content (AvgIpc) is 2.80. The van der Waals surface area contributed by atoms with Gasteiger partial charge in [0.25, 0.3) is 5.56 Å². The molecule has 1 aliphatic heterocycles. The van der Waals surface area contributed by atoms with Crippen molar-refractivity contribution in [1.82, 2.24) is 9.88 Å². The molecular weight excluding hydrogens is 276 g/mol. The maximum absolute atomic E-state index is 12.0. The van der Waals surface area contributed by atoms with Gasteiger partial charge < -0.3 is 10.1 Å². The molecule has 0 amide bonds. The Morgan fingerprint density at radius 3 is 2.95 bits per heavy atom. The molecule has 0 radical (unpaired) electrons. The molecule has 0 unspecified atom stereocenters. The van der Waals surface area contributed by atoms with Crippen molar-refractivity contribution in [2.24, 2.45) is 0 Å². The van der Waals surface area contributed by atoms with E-state index in [0.29, 0.717) is 17.0 Å². The number of aryl methyl sites for hydroxylation is 1. The molecule has 0 saturated carbocycles. The first-order valence-electron chi connectivity index (χ1n) is 6.76. The van der Waals surface area contributed by atoms with Crippen molar-refractivity contribution in [1.29, 1.82) is 0 Å². The number of pyridine rings is 1. The molecule has 3 rings (SSSR count). The third-order valence-electron chi connectivity index (χ3n) is 3.93. The number of rotatable bonds is 2. The lowest BCUT2D eigenvalue weighted by Crippen LogP contribution is -2.23. The second-order valence-electron chi connectivity index (χ2n) is 5.43. The fraction of sp³-hybridized carbons (Fsp3) is 0.400. The Morgan fingerprint density at radius 1 is 1.45 bits per heavy atom. The van der Waals surface area contributed by atoms with Crippen LogP contribution in [0.15, 0.2) is 23.0 Å². The van der Waals surface area contributed by atoms with Crippen LogP contribution in [0.3, 0.4) is 0 Å². The van der Waals surface area contributed by atoms with E-state index in [-0.39, 0.29) is 11.7 Å². The largest absolute Gasteiger partial charge is 0.392 e. The number of hydrogen-bond acceptors (Lipinski definition) is 3. The minimum atomic E-state index is -0.237. The minimum absolute atomic E-state index is 0.106. The summed E-state index contributed by atoms with van der Waals surface area (Å²) in [5.41, 5.74) is 1.88. The van der Waals surface area contributed by atoms with Gasteiger partial charge in [0.05, 0.1) is 6.10 Å². The standard InChI is InChI=1S/C15H17ClN2O2/c1-9-14(8-18-5-4-11(19)7-18)12-3-2-10(16)6-13(12)15(20)17-9/h2-3,6,11,19H,4-5,7-8H2,1H3,(H,17,20)/t11-/m0/s1. The van der Waals surface area contributed by atoms with Gasteiger partial charge in [-0.1, -0.05) is 17.7 Å². The van der Waals surface area contributed by atoms with E-state index in [4.69, 9.17) is 11.6 Å². The van der Waals surface area contributed by atoms with Crippen molar-refractivity contribution >= 4 is 22.4 Å². The second-order valence-corrected chi connectivity index (χ2v) is 5.86. The maximum Gasteiger partial charge on any atom is 0.256 e. The van der Waals surface area contributed by atoms with E-state index in [1.807, 2.05) is 19.1 Å². The lowest BCUT2D eigenvalue weighted by atomic mass is 10.0. The van der Waals surface area contributed by atoms with E-state index in [9.17, 15) is 9.90 Å². The SMILES string of the molecule is Cc1[nH]c(=O)c2cc(Cl)ccc2c1CN1CC[C@H](O)C1. The number of halogens is 1. The summed E-state index contributed by atoms with van der Waals surface area (Å²) in [6.45, 7) is 4.22. The fourth-order valence-electron chi connectivity index (χ4n) is 2.87. The number of hydrogen-bond donors (Lipinski definition) is 2. The number of aromatic nitrogens is 1. The Hall–Kier alpha value is -1.36. The number of aromatic amines is 1. The van der Waals surface area contributed by atoms with Gasteiger partial charge in [-0.15, -0.1) is 0 Å². The molecule has 2 N–H and O–H groups in total. The van der Waals surface area contributed by atoms with Crippen LogP contribution in [0.2, 0.25) is 5.02 Å². The van der Waals surface area contributed by atoms with Crippen LogP contribution < -0.4 is 5.56 Å². The molecule has 0 spiro atoms. The van der Waals surface area contributed by atoms with Crippen molar-refractivity contribution in [3.8, 4) is 0 Å². The first-order chi connectivity index (χ1) is 9.54. The van der Waals surface area contributed by atoms with E-state index in [2.05, 4.69) is 9.88 Å². The van der Waals surface area contributed by atoms with E-state index in [1.54, 1.807) is 6.07 Å². The predicted molar refractivity (Wildman–Crippen MR) is 80.2 cm³/mol. The Bertz CT molecular complexity index is 711. The summed E-state index contributed by atoms with van der Waals surface area (Å²) < 4.78 is 0. The van der Waals surface area contributed by atoms with Gasteiger partial charge in [-0.25, -0.2) is 0 Å². The number of aliphatic hydroxyl groups excluding tert-OH is 1. The van der Waals surface area contributed by atoms with E-state index in [1.165, 1.54) is 0 Å². The summed E-state index contributed by atoms with van der Waals surface area (Å²) in [6.07, 6.45) is 0.574. The number of likely N-dealkylation sites (tertiary alicyclic amines) is 1. The van der Waals surface area contributed by atoms with Crippen LogP contribution in [0.25, 0.3) is 10.8 Å². The lowest BCUT2D eigenvalue weighted by molar-refractivity contribution is 0.175. The number of β-amino-alcohol motifs (C(OH)–C–C–N with tert-alkyl or cyclic N) is 1. The predicted octanol–water partition coefficient (Wildman–Crippen LogP) is 2.06. The van der Waals surface area contributed by atoms with Crippen molar-refractivity contribution in [3.05, 3.63) is 44.8 Å². The van der Waals surface area contributed by atoms with E-state index >= 15 is 0 Å². The normalized spacial score (nSPS) is 19.9. The van der Waals surface area contributed by atoms with Crippen LogP contribution in [-0.4, -0.2) is 34.2 Å². The Kier molecular flexibility index (Phi) is 3.54. The minimum Gasteiger partial charge on any atom is -0.392 e. The number of nitrogens with one attached hydrogen (secondary N) is 1. The van der Waals surface area contributed by atoms with E-state index in [0.717, 1.165) is 36.2 Å². The summed E-state index contributed by atoms with van der Waals surface area (Å²) >= 11 is 5.98. The Morgan fingerprint density at radius 2 is 2.25 bits per heavy atom. The molecule has 1 aliphatic rings. The molecule has 1 aromatic heterocycles. The highest BCUT2D eigenvalue weighted by atomic mass is 35.5. The summed E-state index contributed by atoms with van der Waals surface area (Å²) in [7, 11) is 0. The highest BCUT2D eigenvalue weighted by molar-refractivity contribution is 6.31. The topological polar surface area (TPSA) is 56.3 Å². The van der Waals surface area contributed by atoms with Crippen molar-refractivity contribution in [2.75, 3.05) is 13.1 Å². The first kappa shape index (κ1) is 13.6. The molecule has 2 heterocycles. The van der Waals surface area contributed by atoms with Crippen LogP contribution >= 0.6 is 11.6 Å². The number of nitrogens with zero attached hydrogens (tertiary/aromatic N) is 1. The van der Waals surface area contributed by atoms with Gasteiger partial charge in [0.2, 0.25) is 0 Å². The van der Waals surface area contributed by atoms with Crippen LogP contribution in [0.4, 0.5) is 0 Å². The highest BCUT2D eigenvalue weighted by Crippen LogP contribution is 2.24. The lowest BCUT2D eigenvalue weighted by Gasteiger charge is -2.18. The molecule has 1 saturated heterocycles. The van der Waals surface area contributed by atoms with Crippen molar-refractivity contribution < 1.29 is 5.11 Å². The molecule has 1 atom stereocenters. The number of aliphatic hydroxyl groups is 1. The third-order valence-corrected chi connectivity index (χ3v) is 4.17. The smallest absolute Gasteiger partial charge is 0.256 e. The molecular formula is C15H17ClN2O2. The zero-order valence-corrected chi connectivity index (χ0v) is 12.1. The van der Waals surface area contributed by atoms with E-state index < -0.39 is 0 Å². The fourth-order valence-corrected chi connectivity index (χ4v) is 3.04. The van der Waals surface area contributed by atoms with Crippen LogP contribution in [-0.2, 0) is 6.54 Å². The Labute approximate surface area is 122 Å². The van der Waals surface area contributed by atoms with Crippen molar-refractivity contribution in [3.63, 3.8) is 0 Å². The van der Waals surface area contributed by atoms with Crippen LogP contribution in [0, 0.1) is 6.92 Å². The summed E-state index contributed by atoms with van der Waals surface area (Å²) in [6, 6.07) is 5.42. The zero-order chi connectivity index (χ0) is 14.3. The van der Waals surface area contributed by atoms with Gasteiger partial charge in [0, 0.05) is 35.7 Å². The molecule has 4 nitrogen and oxygen atoms in total. The van der Waals surface area contributed by atoms with Gasteiger partial charge in [-0.3, -0.25) is 9.69 Å². The average molecular weight is 293 g/mol. The first-order valence-corrected chi connectivity index (χ1v) is 7.14. The highest BCUT2D eigenvalue weighted by Gasteiger charge is 2.21. The van der Waals surface area contributed by atoms with Crippen molar-refractivity contribution in [2.45, 2.75) is 26.0 Å². The van der Waals surface area contributed by atoms with Crippen LogP contribution in [0.5, 0.6) is 0 Å². The quantitative estimate of drug-likeness (QED) is 0.891. The number of fused-ring (bicyclic) bond motifs is 1. The van der Waals surface area contributed by atoms with Gasteiger partial charge >= 0.3 is 0 Å². The molecule has 0 aliphatic carbocycles. The number of benzene rings is 1. The summed E-state index contributed by atoms with van der Waals surface area (Å²) in [5, 5.41) is 11.8. The van der Waals surface area contributed by atoms with Gasteiger partial charge in [-0.2, -0.15) is 0 Å². The molecule has 0 bridgehead atoms. The van der Waals surface area contributed by atoms with Gasteiger partial charge in [0.1, 0.15) is 0 Å². The maximum atomic E-state index is 12.0. The summed E-state index contributed by atoms with van der Waals surface area (Å²) in [5.74, 6) is 0.